The molecule has 6 aromatic rings. The Balaban J connectivity index is 0.000000301. The quantitative estimate of drug-likeness (QED) is 0.231. The molecule has 7 heteroatoms. The van der Waals surface area contributed by atoms with Crippen molar-refractivity contribution in [2.75, 3.05) is 13.2 Å². The SMILES string of the molecule is CCOCC.Cc1cc(Cc2cc(C)cc(C(C)(C)C)c2[O-])c([O-])c(C(C)(C)C)c1.OC1c2ccccc2-c2ccccc21.[Cl-].[Cl-].[Ti+4].c1ccc2c(c1)Cc1ccccc1-2. The van der Waals surface area contributed by atoms with Crippen molar-refractivity contribution in [3.05, 3.63) is 177 Å². The van der Waals surface area contributed by atoms with E-state index in [0.717, 1.165) is 64.1 Å². The number of fused-ring (bicyclic) bond motifs is 6. The summed E-state index contributed by atoms with van der Waals surface area (Å²) in [6.45, 7) is 22.0. The van der Waals surface area contributed by atoms with Crippen LogP contribution in [0.25, 0.3) is 22.3 Å². The van der Waals surface area contributed by atoms with Gasteiger partial charge in [-0.15, -0.1) is 11.5 Å². The number of ether oxygens (including phenoxy) is 1. The molecule has 0 heterocycles. The molecular formula is C53H60Cl2O4Ti. The summed E-state index contributed by atoms with van der Waals surface area (Å²) in [5.41, 5.74) is 14.9. The van der Waals surface area contributed by atoms with E-state index >= 15 is 0 Å². The van der Waals surface area contributed by atoms with Crippen molar-refractivity contribution in [2.24, 2.45) is 0 Å². The van der Waals surface area contributed by atoms with E-state index in [1.807, 2.05) is 88.4 Å². The summed E-state index contributed by atoms with van der Waals surface area (Å²) < 4.78 is 4.83. The van der Waals surface area contributed by atoms with Gasteiger partial charge >= 0.3 is 21.7 Å². The minimum absolute atomic E-state index is 0. The van der Waals surface area contributed by atoms with Gasteiger partial charge < -0.3 is 44.9 Å². The Morgan fingerprint density at radius 3 is 1.22 bits per heavy atom. The fourth-order valence-electron chi connectivity index (χ4n) is 7.69. The van der Waals surface area contributed by atoms with Gasteiger partial charge in [-0.2, -0.15) is 0 Å². The van der Waals surface area contributed by atoms with Crippen LogP contribution in [0.4, 0.5) is 0 Å². The van der Waals surface area contributed by atoms with Crippen LogP contribution in [0, 0.1) is 13.8 Å². The average Bonchev–Trinajstić information content (AvgIpc) is 3.70. The summed E-state index contributed by atoms with van der Waals surface area (Å²) >= 11 is 0. The second-order valence-electron chi connectivity index (χ2n) is 17.1. The molecule has 2 aliphatic rings. The molecule has 0 aliphatic heterocycles. The minimum Gasteiger partial charge on any atom is -1.00 e. The van der Waals surface area contributed by atoms with Crippen molar-refractivity contribution in [1.82, 2.24) is 0 Å². The van der Waals surface area contributed by atoms with Gasteiger partial charge in [-0.1, -0.05) is 185 Å². The Morgan fingerprint density at radius 2 is 0.883 bits per heavy atom. The Bertz CT molecular complexity index is 2150. The van der Waals surface area contributed by atoms with Gasteiger partial charge in [0.1, 0.15) is 6.10 Å². The Kier molecular flexibility index (Phi) is 19.9. The van der Waals surface area contributed by atoms with Crippen molar-refractivity contribution in [3.63, 3.8) is 0 Å². The van der Waals surface area contributed by atoms with Crippen LogP contribution in [0.5, 0.6) is 11.5 Å². The summed E-state index contributed by atoms with van der Waals surface area (Å²) in [5, 5.41) is 35.9. The maximum absolute atomic E-state index is 12.9. The fraction of sp³-hybridized carbons (Fsp3) is 0.321. The minimum atomic E-state index is -0.442. The van der Waals surface area contributed by atoms with E-state index in [1.54, 1.807) is 0 Å². The molecule has 4 nitrogen and oxygen atoms in total. The number of halogens is 2. The predicted molar refractivity (Wildman–Crippen MR) is 234 cm³/mol. The third kappa shape index (κ3) is 12.6. The summed E-state index contributed by atoms with van der Waals surface area (Å²) in [7, 11) is 0. The molecule has 6 aromatic carbocycles. The predicted octanol–water partition coefficient (Wildman–Crippen LogP) is 5.69. The van der Waals surface area contributed by atoms with Crippen molar-refractivity contribution in [1.29, 1.82) is 0 Å². The van der Waals surface area contributed by atoms with Crippen LogP contribution in [-0.2, 0) is 50.1 Å². The van der Waals surface area contributed by atoms with Crippen LogP contribution in [0.3, 0.4) is 0 Å². The largest absolute Gasteiger partial charge is 4.00 e. The van der Waals surface area contributed by atoms with E-state index in [2.05, 4.69) is 102 Å². The number of rotatable bonds is 4. The molecule has 314 valence electrons. The van der Waals surface area contributed by atoms with Gasteiger partial charge in [0.05, 0.1) is 0 Å². The Hall–Kier alpha value is -3.87. The van der Waals surface area contributed by atoms with Crippen LogP contribution < -0.4 is 35.0 Å². The molecule has 8 rings (SSSR count). The first-order valence-electron chi connectivity index (χ1n) is 20.3. The number of aliphatic hydroxyl groups is 1. The van der Waals surface area contributed by atoms with Crippen molar-refractivity contribution in [3.8, 4) is 33.8 Å². The summed E-state index contributed by atoms with van der Waals surface area (Å²) in [6.07, 6.45) is 1.06. The molecule has 1 N–H and O–H groups in total. The molecule has 0 radical (unpaired) electrons. The molecular weight excluding hydrogens is 819 g/mol. The third-order valence-electron chi connectivity index (χ3n) is 10.5. The number of benzene rings is 6. The van der Waals surface area contributed by atoms with Crippen LogP contribution in [0.15, 0.2) is 121 Å². The van der Waals surface area contributed by atoms with Gasteiger partial charge in [0, 0.05) is 13.2 Å². The number of aryl methyl sites for hydroxylation is 2. The first kappa shape index (κ1) is 52.3. The molecule has 0 aromatic heterocycles. The molecule has 0 unspecified atom stereocenters. The third-order valence-corrected chi connectivity index (χ3v) is 10.5. The van der Waals surface area contributed by atoms with E-state index in [-0.39, 0.29) is 68.9 Å². The zero-order valence-corrected chi connectivity index (χ0v) is 40.0. The topological polar surface area (TPSA) is 75.6 Å². The second-order valence-corrected chi connectivity index (χ2v) is 17.1. The standard InChI is InChI=1S/C23H32O2.C13H10O.C13H10.C4H10O.2ClH.Ti/c1-14-9-16(20(24)18(11-14)22(3,4)5)13-17-10-15(2)12-19(21(17)25)23(6,7)8;14-13-11-7-3-1-5-9(11)10-6-2-4-8-12(10)13;1-3-7-12-10(5-1)9-11-6-2-4-8-13(11)12;1-3-5-4-2;;;/h9-12,24-25H,13H2,1-8H3;1-8,13-14H;1-8H,9H2;3-4H2,1-2H3;2*1H;/q;;;;;;+4/p-4. The van der Waals surface area contributed by atoms with E-state index in [9.17, 15) is 15.3 Å². The molecule has 2 aliphatic carbocycles. The smallest absolute Gasteiger partial charge is 1.00 e. The molecule has 0 fully saturated rings. The zero-order chi connectivity index (χ0) is 41.5. The van der Waals surface area contributed by atoms with Crippen LogP contribution in [0.1, 0.15) is 117 Å². The van der Waals surface area contributed by atoms with Gasteiger partial charge in [0.2, 0.25) is 0 Å². The van der Waals surface area contributed by atoms with Crippen molar-refractivity contribution in [2.45, 2.75) is 99.0 Å². The summed E-state index contributed by atoms with van der Waals surface area (Å²) in [6, 6.07) is 41.1. The maximum atomic E-state index is 12.9. The average molecular weight is 880 g/mol. The molecule has 0 saturated carbocycles. The van der Waals surface area contributed by atoms with Crippen LogP contribution in [-0.4, -0.2) is 18.3 Å². The first-order valence-corrected chi connectivity index (χ1v) is 20.3. The molecule has 0 atom stereocenters. The Morgan fingerprint density at radius 1 is 0.550 bits per heavy atom. The van der Waals surface area contributed by atoms with E-state index in [1.165, 1.54) is 22.3 Å². The van der Waals surface area contributed by atoms with Gasteiger partial charge in [-0.05, 0) is 107 Å². The van der Waals surface area contributed by atoms with Gasteiger partial charge in [0.15, 0.2) is 0 Å². The molecule has 0 saturated heterocycles. The van der Waals surface area contributed by atoms with Crippen LogP contribution >= 0.6 is 0 Å². The second kappa shape index (κ2) is 22.8. The summed E-state index contributed by atoms with van der Waals surface area (Å²) in [5.74, 6) is 0.132. The van der Waals surface area contributed by atoms with E-state index in [4.69, 9.17) is 4.74 Å². The van der Waals surface area contributed by atoms with Crippen LogP contribution in [0.2, 0.25) is 0 Å². The van der Waals surface area contributed by atoms with Gasteiger partial charge in [-0.3, -0.25) is 0 Å². The molecule has 0 amide bonds. The fourth-order valence-corrected chi connectivity index (χ4v) is 7.69. The van der Waals surface area contributed by atoms with Gasteiger partial charge in [0.25, 0.3) is 0 Å². The van der Waals surface area contributed by atoms with Crippen molar-refractivity contribution < 1.29 is 66.6 Å². The number of aliphatic hydroxyl groups excluding tert-OH is 1. The number of hydrogen-bond acceptors (Lipinski definition) is 4. The van der Waals surface area contributed by atoms with E-state index < -0.39 is 6.10 Å². The monoisotopic (exact) mass is 878 g/mol. The normalized spacial score (nSPS) is 11.8. The number of hydrogen-bond donors (Lipinski definition) is 1. The maximum Gasteiger partial charge on any atom is 4.00 e. The van der Waals surface area contributed by atoms with Crippen molar-refractivity contribution >= 4 is 0 Å². The zero-order valence-electron chi connectivity index (χ0n) is 36.9. The summed E-state index contributed by atoms with van der Waals surface area (Å²) in [4.78, 5) is 0. The molecule has 0 bridgehead atoms. The van der Waals surface area contributed by atoms with Gasteiger partial charge in [-0.25, -0.2) is 0 Å². The Labute approximate surface area is 387 Å². The molecule has 0 spiro atoms. The first-order chi connectivity index (χ1) is 27.0. The molecule has 60 heavy (non-hydrogen) atoms. The van der Waals surface area contributed by atoms with E-state index in [0.29, 0.717) is 17.5 Å².